The average molecular weight is 1900 g/mol. The van der Waals surface area contributed by atoms with E-state index in [0.717, 1.165) is 54.6 Å². The van der Waals surface area contributed by atoms with Crippen LogP contribution in [0.2, 0.25) is 0 Å². The molecule has 0 unspecified atom stereocenters. The number of nitrogen functional groups attached to an aromatic ring is 2. The van der Waals surface area contributed by atoms with E-state index < -0.39 is 144 Å². The van der Waals surface area contributed by atoms with Gasteiger partial charge in [0.1, 0.15) is 44.0 Å². The Balaban J connectivity index is 0.714. The third-order valence-electron chi connectivity index (χ3n) is 16.2. The van der Waals surface area contributed by atoms with Crippen molar-refractivity contribution in [1.29, 1.82) is 0 Å². The van der Waals surface area contributed by atoms with Crippen LogP contribution in [0.5, 0.6) is 23.0 Å². The van der Waals surface area contributed by atoms with Gasteiger partial charge in [-0.25, -0.2) is 54.7 Å². The van der Waals surface area contributed by atoms with E-state index in [0.29, 0.717) is 0 Å². The lowest BCUT2D eigenvalue weighted by Gasteiger charge is -2.14. The Morgan fingerprint density at radius 3 is 0.976 bits per heavy atom. The smallest absolute Gasteiger partial charge is 0.296 e. The number of aromatic hydroxyl groups is 4. The third-order valence-corrected chi connectivity index (χ3v) is 26.1. The fourth-order valence-electron chi connectivity index (χ4n) is 10.5. The minimum Gasteiger partial charge on any atom is -0.505 e. The van der Waals surface area contributed by atoms with E-state index >= 15 is 0 Å². The maximum Gasteiger partial charge on any atom is 0.296 e. The van der Waals surface area contributed by atoms with E-state index in [2.05, 4.69) is 108 Å². The number of azo groups is 6. The number of sulfone groups is 2. The molecular formula is C66H54N16O32S10. The summed E-state index contributed by atoms with van der Waals surface area (Å²) in [4.78, 5) is -3.14. The monoisotopic (exact) mass is 1900 g/mol. The minimum absolute atomic E-state index is 0.0184. The Hall–Kier alpha value is -11.6. The molecule has 0 amide bonds. The zero-order valence-electron chi connectivity index (χ0n) is 61.2. The first-order valence-electron chi connectivity index (χ1n) is 33.2. The first kappa shape index (κ1) is 93.1. The Morgan fingerprint density at radius 1 is 0.339 bits per heavy atom. The maximum absolute atomic E-state index is 13.6. The van der Waals surface area contributed by atoms with Crippen LogP contribution in [0.1, 0.15) is 0 Å². The van der Waals surface area contributed by atoms with Crippen molar-refractivity contribution in [3.8, 4) is 23.0 Å². The summed E-state index contributed by atoms with van der Waals surface area (Å²) in [6.07, 6.45) is 0. The summed E-state index contributed by atoms with van der Waals surface area (Å²) in [6, 6.07) is 35.9. The van der Waals surface area contributed by atoms with Crippen molar-refractivity contribution >= 4 is 221 Å². The lowest BCUT2D eigenvalue weighted by molar-refractivity contribution is -0.434. The number of phenolic OH excluding ortho intramolecular Hbond substituents is 4. The van der Waals surface area contributed by atoms with Gasteiger partial charge in [0.15, 0.2) is 67.3 Å². The van der Waals surface area contributed by atoms with E-state index in [-0.39, 0.29) is 164 Å². The second kappa shape index (κ2) is 40.8. The predicted molar refractivity (Wildman–Crippen MR) is 437 cm³/mol. The van der Waals surface area contributed by atoms with Crippen LogP contribution in [0.25, 0.3) is 21.5 Å². The average Bonchev–Trinajstić information content (AvgIpc) is 0.748. The number of nitrogens with two attached hydrogens (primary N) is 2. The first-order chi connectivity index (χ1) is 59.0. The molecule has 124 heavy (non-hydrogen) atoms. The molecule has 11 aromatic carbocycles. The largest absolute Gasteiger partial charge is 0.505 e. The van der Waals surface area contributed by atoms with Crippen LogP contribution in [-0.4, -0.2) is 126 Å². The summed E-state index contributed by atoms with van der Waals surface area (Å²) in [7, 11) is -26.9. The van der Waals surface area contributed by atoms with E-state index in [9.17, 15) is 80.0 Å². The normalized spacial score (nSPS) is 12.8. The highest BCUT2D eigenvalue weighted by Crippen LogP contribution is 2.53. The fourth-order valence-corrected chi connectivity index (χ4v) is 17.8. The van der Waals surface area contributed by atoms with Crippen LogP contribution in [0.15, 0.2) is 283 Å². The SMILES string of the molecule is Nc1c(/N=N/c2ccc(S(=O)(=O)Nc3ccc(N=Nc4c(O)ccc(N=Nc5ccc(NS(=O)(=O)c6ccc(/N=N/c7c(S(=O)(=O)O)cc8cc(SOOO)c(/N=N/c9ccc(S(=O)(=O)CCOSOOO)cc9)c(O)c8c7N)cc6)cc5)c4O)cc3)cc2)c(S(=O)(=O)O)cc2cc(SOOO)c(N=Nc3ccc(S(=O)(=O)CCOSOOO)cc3)c(O)c12. The van der Waals surface area contributed by atoms with Gasteiger partial charge >= 0.3 is 0 Å². The Bertz CT molecular complexity index is 6750. The number of hydrogen-bond acceptors (Lipinski definition) is 48. The lowest BCUT2D eigenvalue weighted by atomic mass is 10.1. The fraction of sp³-hybridized carbons (Fsp3) is 0.0606. The van der Waals surface area contributed by atoms with Crippen LogP contribution < -0.4 is 20.9 Å². The number of benzene rings is 11. The van der Waals surface area contributed by atoms with E-state index in [1.807, 2.05) is 0 Å². The van der Waals surface area contributed by atoms with Gasteiger partial charge in [0.2, 0.25) is 0 Å². The molecule has 0 atom stereocenters. The van der Waals surface area contributed by atoms with Gasteiger partial charge in [-0.15, -0.1) is 48.0 Å². The summed E-state index contributed by atoms with van der Waals surface area (Å²) >= 11 is 0.884. The molecule has 11 aromatic rings. The standard InChI is InChI=1S/C66H54N16O32S10/c67-57-55-35(31-51(115-111-107-87)60(65(55)85)77-71-39-9-17-45(18-10-39)119(91,92)29-27-105-117-113-109-89)33-53(123(99,100)101)62(57)79-73-41-13-21-47(22-14-41)121(95,96)81-43-5-1-37(2-6-43)69-75-49-25-26-50(83)59(64(49)84)76-70-38-3-7-44(8-4-38)82-122(97,98)48-23-15-42(16-24-48)74-80-63-54(124(102,103)104)34-36-32-52(116-112-108-88)61(66(86)56(36)58(63)68)78-72-40-11-19-46(20-12-40)120(93,94)30-28-106-118-114-110-90/h1-26,31-34,81-90H,27-30,67-68H2,(H,99,100,101)(H,102,103,104)/b75-69?,76-70?,77-71+,78-72?,79-73+,80-74+. The number of phenols is 4. The summed E-state index contributed by atoms with van der Waals surface area (Å²) in [5.41, 5.74) is 8.93. The molecule has 58 heteroatoms. The molecule has 0 saturated carbocycles. The van der Waals surface area contributed by atoms with Gasteiger partial charge in [-0.05, 0) is 193 Å². The second-order valence-corrected chi connectivity index (χ2v) is 36.9. The molecule has 0 saturated heterocycles. The Morgan fingerprint density at radius 2 is 0.645 bits per heavy atom. The number of rotatable bonds is 40. The maximum atomic E-state index is 13.6. The van der Waals surface area contributed by atoms with E-state index in [1.54, 1.807) is 0 Å². The molecule has 0 bridgehead atoms. The van der Waals surface area contributed by atoms with Crippen LogP contribution in [-0.2, 0) is 106 Å². The molecule has 0 aliphatic heterocycles. The highest BCUT2D eigenvalue weighted by molar-refractivity contribution is 7.95. The van der Waals surface area contributed by atoms with Gasteiger partial charge < -0.3 is 31.9 Å². The zero-order valence-corrected chi connectivity index (χ0v) is 69.4. The third kappa shape index (κ3) is 23.4. The van der Waals surface area contributed by atoms with E-state index in [4.69, 9.17) is 40.9 Å². The van der Waals surface area contributed by atoms with E-state index in [1.165, 1.54) is 127 Å². The predicted octanol–water partition coefficient (Wildman–Crippen LogP) is 17.0. The van der Waals surface area contributed by atoms with Crippen molar-refractivity contribution < 1.29 is 147 Å². The summed E-state index contributed by atoms with van der Waals surface area (Å²) in [6.45, 7) is -0.731. The van der Waals surface area contributed by atoms with Crippen LogP contribution in [0, 0.1) is 0 Å². The van der Waals surface area contributed by atoms with Crippen molar-refractivity contribution in [2.75, 3.05) is 45.6 Å². The lowest BCUT2D eigenvalue weighted by Crippen LogP contribution is -2.12. The summed E-state index contributed by atoms with van der Waals surface area (Å²) in [5.74, 6) is -3.82. The highest BCUT2D eigenvalue weighted by Gasteiger charge is 2.30. The molecule has 0 aliphatic rings. The number of sulfonamides is 2. The van der Waals surface area contributed by atoms with Crippen molar-refractivity contribution in [3.63, 3.8) is 0 Å². The van der Waals surface area contributed by atoms with Crippen LogP contribution in [0.3, 0.4) is 0 Å². The number of anilines is 4. The molecule has 0 aromatic heterocycles. The molecule has 16 N–H and O–H groups in total. The summed E-state index contributed by atoms with van der Waals surface area (Å²) < 4.78 is 209. The van der Waals surface area contributed by atoms with Gasteiger partial charge in [-0.1, -0.05) is 20.2 Å². The number of nitrogens with zero attached hydrogens (tertiary/aromatic N) is 12. The molecule has 0 fully saturated rings. The Labute approximate surface area is 714 Å². The molecule has 0 radical (unpaired) electrons. The van der Waals surface area contributed by atoms with Crippen molar-refractivity contribution in [2.24, 2.45) is 61.4 Å². The van der Waals surface area contributed by atoms with Gasteiger partial charge in [-0.3, -0.25) is 26.9 Å². The molecule has 0 aliphatic carbocycles. The highest BCUT2D eigenvalue weighted by atomic mass is 32.2. The molecule has 11 rings (SSSR count). The van der Waals surface area contributed by atoms with Gasteiger partial charge in [0, 0.05) is 11.4 Å². The Kier molecular flexibility index (Phi) is 30.6. The quantitative estimate of drug-likeness (QED) is 0.00323. The van der Waals surface area contributed by atoms with Crippen molar-refractivity contribution in [2.45, 2.75) is 39.2 Å². The minimum atomic E-state index is -5.19. The molecule has 48 nitrogen and oxygen atoms in total. The van der Waals surface area contributed by atoms with Gasteiger partial charge in [-0.2, -0.15) is 47.5 Å². The van der Waals surface area contributed by atoms with Crippen molar-refractivity contribution in [3.05, 3.63) is 182 Å². The van der Waals surface area contributed by atoms with Gasteiger partial charge in [0.05, 0.1) is 134 Å². The molecular weight excluding hydrogens is 1850 g/mol. The zero-order chi connectivity index (χ0) is 89.3. The second-order valence-electron chi connectivity index (χ2n) is 24.0. The molecule has 650 valence electrons. The number of nitrogens with one attached hydrogen (secondary N) is 2. The number of fused-ring (bicyclic) bond motifs is 2. The molecule has 0 spiro atoms. The number of hydrogen-bond donors (Lipinski definition) is 14. The molecule has 0 heterocycles. The van der Waals surface area contributed by atoms with Crippen LogP contribution >= 0.6 is 48.7 Å². The topological polar surface area (TPSA) is 724 Å². The summed E-state index contributed by atoms with van der Waals surface area (Å²) in [5, 5.41) is 140. The van der Waals surface area contributed by atoms with Crippen molar-refractivity contribution in [1.82, 2.24) is 0 Å². The first-order valence-corrected chi connectivity index (χ1v) is 45.2. The van der Waals surface area contributed by atoms with Crippen LogP contribution in [0.4, 0.5) is 91.0 Å². The van der Waals surface area contributed by atoms with Gasteiger partial charge in [0.25, 0.3) is 40.3 Å².